The van der Waals surface area contributed by atoms with Crippen LogP contribution in [0.2, 0.25) is 20.1 Å². The van der Waals surface area contributed by atoms with E-state index in [0.717, 1.165) is 16.1 Å². The van der Waals surface area contributed by atoms with Crippen LogP contribution in [0.4, 0.5) is 5.69 Å². The number of likely N-dealkylation sites (N-methyl/N-ethyl adjacent to an activating group) is 1. The van der Waals surface area contributed by atoms with Crippen LogP contribution in [-0.4, -0.2) is 50.5 Å². The quantitative estimate of drug-likeness (QED) is 0.288. The van der Waals surface area contributed by atoms with E-state index in [9.17, 15) is 18.0 Å². The smallest absolute Gasteiger partial charge is 0.244 e. The zero-order chi connectivity index (χ0) is 28.7. The van der Waals surface area contributed by atoms with Gasteiger partial charge in [0.2, 0.25) is 21.8 Å². The summed E-state index contributed by atoms with van der Waals surface area (Å²) in [5.74, 6) is -1.04. The lowest BCUT2D eigenvalue weighted by atomic mass is 10.0. The zero-order valence-corrected chi connectivity index (χ0v) is 25.0. The molecule has 7 nitrogen and oxygen atoms in total. The standard InChI is InChI=1S/C27H27Cl4N3O4S/c1-3-32-27(36)24(14-18-8-5-4-6-9-18)33(16-19-12-13-20(28)15-22(19)30)25(35)17-34(39(2,37)38)23-11-7-10-21(29)26(23)31/h4-13,15,24H,3,14,16-17H2,1-2H3,(H,32,36). The van der Waals surface area contributed by atoms with Gasteiger partial charge in [0.05, 0.1) is 22.0 Å². The van der Waals surface area contributed by atoms with Gasteiger partial charge in [-0.3, -0.25) is 13.9 Å². The molecule has 0 radical (unpaired) electrons. The van der Waals surface area contributed by atoms with Crippen molar-refractivity contribution in [2.24, 2.45) is 0 Å². The third-order valence-corrected chi connectivity index (χ3v) is 8.38. The largest absolute Gasteiger partial charge is 0.355 e. The average molecular weight is 631 g/mol. The predicted molar refractivity (Wildman–Crippen MR) is 158 cm³/mol. The Morgan fingerprint density at radius 1 is 0.923 bits per heavy atom. The number of sulfonamides is 1. The Morgan fingerprint density at radius 2 is 1.62 bits per heavy atom. The van der Waals surface area contributed by atoms with Crippen LogP contribution in [0.5, 0.6) is 0 Å². The van der Waals surface area contributed by atoms with E-state index in [0.29, 0.717) is 22.2 Å². The van der Waals surface area contributed by atoms with Crippen LogP contribution in [0.15, 0.2) is 66.7 Å². The summed E-state index contributed by atoms with van der Waals surface area (Å²) in [5, 5.41) is 3.60. The van der Waals surface area contributed by atoms with Gasteiger partial charge in [0.1, 0.15) is 12.6 Å². The van der Waals surface area contributed by atoms with Gasteiger partial charge in [0.15, 0.2) is 0 Å². The summed E-state index contributed by atoms with van der Waals surface area (Å²) >= 11 is 25.0. The number of rotatable bonds is 11. The first kappa shape index (κ1) is 31.0. The highest BCUT2D eigenvalue weighted by atomic mass is 35.5. The topological polar surface area (TPSA) is 86.8 Å². The number of hydrogen-bond donors (Lipinski definition) is 1. The molecule has 0 saturated heterocycles. The molecule has 0 spiro atoms. The molecule has 208 valence electrons. The third kappa shape index (κ3) is 8.25. The van der Waals surface area contributed by atoms with Gasteiger partial charge < -0.3 is 10.2 Å². The van der Waals surface area contributed by atoms with Gasteiger partial charge in [-0.1, -0.05) is 88.9 Å². The summed E-state index contributed by atoms with van der Waals surface area (Å²) in [7, 11) is -3.99. The maximum Gasteiger partial charge on any atom is 0.244 e. The molecular weight excluding hydrogens is 604 g/mol. The molecule has 1 atom stereocenters. The number of halogens is 4. The van der Waals surface area contributed by atoms with Crippen molar-refractivity contribution in [3.05, 3.63) is 97.9 Å². The molecule has 39 heavy (non-hydrogen) atoms. The van der Waals surface area contributed by atoms with Crippen molar-refractivity contribution in [1.29, 1.82) is 0 Å². The number of carbonyl (C=O) groups excluding carboxylic acids is 2. The molecule has 3 aromatic carbocycles. The van der Waals surface area contributed by atoms with Crippen molar-refractivity contribution in [2.75, 3.05) is 23.7 Å². The van der Waals surface area contributed by atoms with Crippen LogP contribution >= 0.6 is 46.4 Å². The Hall–Kier alpha value is -2.49. The number of benzene rings is 3. The molecule has 3 aromatic rings. The van der Waals surface area contributed by atoms with E-state index >= 15 is 0 Å². The third-order valence-electron chi connectivity index (χ3n) is 5.86. The SMILES string of the molecule is CCNC(=O)C(Cc1ccccc1)N(Cc1ccc(Cl)cc1Cl)C(=O)CN(c1cccc(Cl)c1Cl)S(C)(=O)=O. The van der Waals surface area contributed by atoms with Crippen LogP contribution in [0.25, 0.3) is 0 Å². The first-order chi connectivity index (χ1) is 18.4. The van der Waals surface area contributed by atoms with E-state index in [1.165, 1.54) is 29.2 Å². The van der Waals surface area contributed by atoms with Gasteiger partial charge in [-0.25, -0.2) is 8.42 Å². The highest BCUT2D eigenvalue weighted by Crippen LogP contribution is 2.34. The van der Waals surface area contributed by atoms with E-state index in [1.54, 1.807) is 19.1 Å². The molecule has 1 N–H and O–H groups in total. The van der Waals surface area contributed by atoms with Crippen molar-refractivity contribution >= 4 is 73.9 Å². The molecule has 0 heterocycles. The second kappa shape index (κ2) is 13.7. The van der Waals surface area contributed by atoms with Gasteiger partial charge in [-0.05, 0) is 42.3 Å². The maximum absolute atomic E-state index is 14.0. The number of nitrogens with zero attached hydrogens (tertiary/aromatic N) is 2. The summed E-state index contributed by atoms with van der Waals surface area (Å²) in [4.78, 5) is 28.7. The number of anilines is 1. The molecule has 12 heteroatoms. The van der Waals surface area contributed by atoms with Gasteiger partial charge in [0, 0.05) is 29.6 Å². The highest BCUT2D eigenvalue weighted by Gasteiger charge is 2.33. The van der Waals surface area contributed by atoms with Crippen LogP contribution in [0.1, 0.15) is 18.1 Å². The first-order valence-corrected chi connectivity index (χ1v) is 15.2. The Labute approximate surface area is 248 Å². The minimum absolute atomic E-state index is 0.0192. The molecule has 0 aromatic heterocycles. The monoisotopic (exact) mass is 629 g/mol. The van der Waals surface area contributed by atoms with Gasteiger partial charge in [-0.15, -0.1) is 0 Å². The average Bonchev–Trinajstić information content (AvgIpc) is 2.87. The molecule has 0 aliphatic rings. The van der Waals surface area contributed by atoms with Gasteiger partial charge in [-0.2, -0.15) is 0 Å². The summed E-state index contributed by atoms with van der Waals surface area (Å²) in [6, 6.07) is 17.5. The van der Waals surface area contributed by atoms with Crippen molar-refractivity contribution in [3.63, 3.8) is 0 Å². The lowest BCUT2D eigenvalue weighted by molar-refractivity contribution is -0.140. The summed E-state index contributed by atoms with van der Waals surface area (Å²) < 4.78 is 26.6. The molecule has 0 aliphatic heterocycles. The number of hydrogen-bond acceptors (Lipinski definition) is 4. The Morgan fingerprint density at radius 3 is 2.23 bits per heavy atom. The summed E-state index contributed by atoms with van der Waals surface area (Å²) in [6.07, 6.45) is 1.14. The molecule has 3 rings (SSSR count). The van der Waals surface area contributed by atoms with E-state index in [-0.39, 0.29) is 28.7 Å². The highest BCUT2D eigenvalue weighted by molar-refractivity contribution is 7.92. The van der Waals surface area contributed by atoms with Crippen LogP contribution in [-0.2, 0) is 32.6 Å². The minimum atomic E-state index is -3.99. The fourth-order valence-electron chi connectivity index (χ4n) is 3.96. The second-order valence-corrected chi connectivity index (χ2v) is 12.2. The van der Waals surface area contributed by atoms with E-state index in [4.69, 9.17) is 46.4 Å². The zero-order valence-electron chi connectivity index (χ0n) is 21.2. The molecule has 0 bridgehead atoms. The van der Waals surface area contributed by atoms with Gasteiger partial charge >= 0.3 is 0 Å². The minimum Gasteiger partial charge on any atom is -0.355 e. The Kier molecular flexibility index (Phi) is 10.9. The summed E-state index contributed by atoms with van der Waals surface area (Å²) in [5.41, 5.74) is 1.39. The van der Waals surface area contributed by atoms with E-state index in [2.05, 4.69) is 5.32 Å². The van der Waals surface area contributed by atoms with E-state index < -0.39 is 34.4 Å². The van der Waals surface area contributed by atoms with Crippen LogP contribution < -0.4 is 9.62 Å². The van der Waals surface area contributed by atoms with Crippen molar-refractivity contribution < 1.29 is 18.0 Å². The maximum atomic E-state index is 14.0. The molecular formula is C27H27Cl4N3O4S. The fraction of sp³-hybridized carbons (Fsp3) is 0.259. The molecule has 0 fully saturated rings. The van der Waals surface area contributed by atoms with E-state index in [1.807, 2.05) is 30.3 Å². The Bertz CT molecular complexity index is 1440. The second-order valence-electron chi connectivity index (χ2n) is 8.70. The van der Waals surface area contributed by atoms with Crippen LogP contribution in [0, 0.1) is 0 Å². The van der Waals surface area contributed by atoms with Crippen molar-refractivity contribution in [3.8, 4) is 0 Å². The molecule has 2 amide bonds. The van der Waals surface area contributed by atoms with Crippen molar-refractivity contribution in [1.82, 2.24) is 10.2 Å². The molecule has 0 aliphatic carbocycles. The summed E-state index contributed by atoms with van der Waals surface area (Å²) in [6.45, 7) is 1.40. The normalized spacial score (nSPS) is 12.1. The molecule has 0 saturated carbocycles. The first-order valence-electron chi connectivity index (χ1n) is 11.9. The van der Waals surface area contributed by atoms with Crippen molar-refractivity contribution in [2.45, 2.75) is 25.9 Å². The lowest BCUT2D eigenvalue weighted by Crippen LogP contribution is -2.53. The number of amides is 2. The van der Waals surface area contributed by atoms with Crippen LogP contribution in [0.3, 0.4) is 0 Å². The van der Waals surface area contributed by atoms with Gasteiger partial charge in [0.25, 0.3) is 0 Å². The lowest BCUT2D eigenvalue weighted by Gasteiger charge is -2.33. The fourth-order valence-corrected chi connectivity index (χ4v) is 5.73. The Balaban J connectivity index is 2.09. The molecule has 1 unspecified atom stereocenters. The predicted octanol–water partition coefficient (Wildman–Crippen LogP) is 5.84. The number of nitrogens with one attached hydrogen (secondary N) is 1. The number of carbonyl (C=O) groups is 2.